The van der Waals surface area contributed by atoms with Gasteiger partial charge in [0.25, 0.3) is 0 Å². The second-order valence-corrected chi connectivity index (χ2v) is 4.95. The van der Waals surface area contributed by atoms with Crippen LogP contribution in [0, 0.1) is 0 Å². The summed E-state index contributed by atoms with van der Waals surface area (Å²) in [6, 6.07) is -0.266. The zero-order valence-corrected chi connectivity index (χ0v) is 11.8. The first-order valence-electron chi connectivity index (χ1n) is 6.53. The highest BCUT2D eigenvalue weighted by molar-refractivity contribution is 5.76. The monoisotopic (exact) mass is 266 g/mol. The van der Waals surface area contributed by atoms with Crippen molar-refractivity contribution in [3.05, 3.63) is 24.8 Å². The van der Waals surface area contributed by atoms with Crippen LogP contribution in [-0.2, 0) is 9.53 Å². The van der Waals surface area contributed by atoms with Crippen LogP contribution >= 0.6 is 0 Å². The molecule has 2 rings (SSSR count). The average molecular weight is 266 g/mol. The first-order valence-corrected chi connectivity index (χ1v) is 6.53. The minimum atomic E-state index is -0.266. The van der Waals surface area contributed by atoms with E-state index in [-0.39, 0.29) is 12.0 Å². The van der Waals surface area contributed by atoms with Gasteiger partial charge in [-0.3, -0.25) is 0 Å². The number of hydrogen-bond donors (Lipinski definition) is 0. The first-order chi connectivity index (χ1) is 9.10. The lowest BCUT2D eigenvalue weighted by atomic mass is 10.2. The molecule has 0 saturated heterocycles. The van der Waals surface area contributed by atoms with Gasteiger partial charge in [-0.2, -0.15) is 0 Å². The van der Waals surface area contributed by atoms with Crippen LogP contribution in [0.5, 0.6) is 0 Å². The van der Waals surface area contributed by atoms with Crippen LogP contribution < -0.4 is 0 Å². The van der Waals surface area contributed by atoms with Gasteiger partial charge in [-0.05, 0) is 6.92 Å². The molecule has 0 aliphatic carbocycles. The van der Waals surface area contributed by atoms with Crippen molar-refractivity contribution >= 4 is 5.97 Å². The van der Waals surface area contributed by atoms with Crippen LogP contribution in [0.2, 0.25) is 0 Å². The van der Waals surface area contributed by atoms with E-state index < -0.39 is 0 Å². The molecule has 0 aromatic carbocycles. The third kappa shape index (κ3) is 3.33. The van der Waals surface area contributed by atoms with Crippen LogP contribution in [0.25, 0.3) is 0 Å². The lowest BCUT2D eigenvalue weighted by molar-refractivity contribution is -0.149. The zero-order chi connectivity index (χ0) is 13.8. The van der Waals surface area contributed by atoms with E-state index in [9.17, 15) is 4.79 Å². The quantitative estimate of drug-likeness (QED) is 0.665. The predicted molar refractivity (Wildman–Crippen MR) is 72.5 cm³/mol. The van der Waals surface area contributed by atoms with E-state index in [1.807, 2.05) is 55.6 Å². The fraction of sp³-hybridized carbons (Fsp3) is 0.615. The van der Waals surface area contributed by atoms with E-state index in [0.29, 0.717) is 13.2 Å². The summed E-state index contributed by atoms with van der Waals surface area (Å²) in [7, 11) is 4.00. The van der Waals surface area contributed by atoms with Gasteiger partial charge < -0.3 is 24.3 Å². The molecule has 0 bridgehead atoms. The van der Waals surface area contributed by atoms with Gasteiger partial charge in [0.05, 0.1) is 26.5 Å². The van der Waals surface area contributed by atoms with E-state index in [1.54, 1.807) is 0 Å². The maximum atomic E-state index is 12.1. The van der Waals surface area contributed by atoms with Crippen molar-refractivity contribution in [3.63, 3.8) is 0 Å². The third-order valence-electron chi connectivity index (χ3n) is 3.20. The number of nitrogens with zero attached hydrogens (tertiary/aromatic N) is 4. The molecule has 0 saturated carbocycles. The molecule has 0 aromatic heterocycles. The molecule has 2 aliphatic rings. The average Bonchev–Trinajstić information content (AvgIpc) is 2.95. The fourth-order valence-electron chi connectivity index (χ4n) is 2.24. The van der Waals surface area contributed by atoms with E-state index >= 15 is 0 Å². The zero-order valence-electron chi connectivity index (χ0n) is 11.8. The molecule has 0 fully saturated rings. The first kappa shape index (κ1) is 13.6. The summed E-state index contributed by atoms with van der Waals surface area (Å²) in [4.78, 5) is 20.4. The molecule has 6 heteroatoms. The van der Waals surface area contributed by atoms with Gasteiger partial charge >= 0.3 is 5.97 Å². The van der Waals surface area contributed by atoms with Crippen molar-refractivity contribution in [2.45, 2.75) is 13.0 Å². The fourth-order valence-corrected chi connectivity index (χ4v) is 2.24. The molecule has 6 nitrogen and oxygen atoms in total. The Morgan fingerprint density at radius 1 is 1.16 bits per heavy atom. The number of carbonyl (C=O) groups excluding carboxylic acids is 1. The number of esters is 1. The van der Waals surface area contributed by atoms with Crippen molar-refractivity contribution in [1.82, 2.24) is 19.6 Å². The summed E-state index contributed by atoms with van der Waals surface area (Å²) in [6.07, 6.45) is 7.94. The molecule has 2 heterocycles. The molecule has 0 radical (unpaired) electrons. The topological polar surface area (TPSA) is 39.3 Å². The normalized spacial score (nSPS) is 19.5. The maximum Gasteiger partial charge on any atom is 0.330 e. The minimum absolute atomic E-state index is 0.162. The van der Waals surface area contributed by atoms with Gasteiger partial charge in [0, 0.05) is 38.9 Å². The van der Waals surface area contributed by atoms with Crippen molar-refractivity contribution in [3.8, 4) is 0 Å². The molecule has 2 aliphatic heterocycles. The molecule has 0 amide bonds. The Kier molecular flexibility index (Phi) is 4.19. The van der Waals surface area contributed by atoms with E-state index in [2.05, 4.69) is 9.80 Å². The molecular weight excluding hydrogens is 244 g/mol. The second-order valence-electron chi connectivity index (χ2n) is 4.95. The Labute approximate surface area is 114 Å². The number of ether oxygens (including phenoxy) is 1. The SMILES string of the molecule is CCOC(=O)C(CN1C=CN(C)C1)N1C=CN(C)C1. The highest BCUT2D eigenvalue weighted by atomic mass is 16.5. The number of hydrogen-bond acceptors (Lipinski definition) is 6. The van der Waals surface area contributed by atoms with Crippen molar-refractivity contribution in [2.75, 3.05) is 40.6 Å². The highest BCUT2D eigenvalue weighted by Gasteiger charge is 2.30. The molecule has 0 aromatic rings. The van der Waals surface area contributed by atoms with Gasteiger partial charge in [0.2, 0.25) is 0 Å². The molecule has 1 atom stereocenters. The van der Waals surface area contributed by atoms with Crippen LogP contribution in [0.3, 0.4) is 0 Å². The smallest absolute Gasteiger partial charge is 0.330 e. The van der Waals surface area contributed by atoms with Gasteiger partial charge in [-0.15, -0.1) is 0 Å². The van der Waals surface area contributed by atoms with Crippen molar-refractivity contribution in [2.24, 2.45) is 0 Å². The van der Waals surface area contributed by atoms with E-state index in [0.717, 1.165) is 13.3 Å². The Morgan fingerprint density at radius 2 is 1.84 bits per heavy atom. The largest absolute Gasteiger partial charge is 0.464 e. The van der Waals surface area contributed by atoms with Crippen LogP contribution in [-0.4, -0.2) is 72.2 Å². The molecule has 0 N–H and O–H groups in total. The Balaban J connectivity index is 2.00. The summed E-state index contributed by atoms with van der Waals surface area (Å²) in [5, 5.41) is 0. The summed E-state index contributed by atoms with van der Waals surface area (Å²) in [5.74, 6) is -0.162. The molecule has 106 valence electrons. The molecule has 19 heavy (non-hydrogen) atoms. The van der Waals surface area contributed by atoms with Crippen LogP contribution in [0.4, 0.5) is 0 Å². The third-order valence-corrected chi connectivity index (χ3v) is 3.20. The van der Waals surface area contributed by atoms with E-state index in [1.165, 1.54) is 0 Å². The maximum absolute atomic E-state index is 12.1. The standard InChI is InChI=1S/C13H22N4O2/c1-4-19-13(18)12(17-8-6-15(3)11-17)9-16-7-5-14(2)10-16/h5-8,12H,4,9-11H2,1-3H3. The van der Waals surface area contributed by atoms with Gasteiger partial charge in [-0.25, -0.2) is 4.79 Å². The van der Waals surface area contributed by atoms with E-state index in [4.69, 9.17) is 4.74 Å². The van der Waals surface area contributed by atoms with Gasteiger partial charge in [-0.1, -0.05) is 0 Å². The highest BCUT2D eigenvalue weighted by Crippen LogP contribution is 2.14. The summed E-state index contributed by atoms with van der Waals surface area (Å²) in [5.41, 5.74) is 0. The molecule has 0 spiro atoms. The van der Waals surface area contributed by atoms with Crippen LogP contribution in [0.15, 0.2) is 24.8 Å². The Bertz CT molecular complexity index is 383. The second kappa shape index (κ2) is 5.86. The number of rotatable bonds is 5. The lowest BCUT2D eigenvalue weighted by Gasteiger charge is -2.30. The van der Waals surface area contributed by atoms with Gasteiger partial charge in [0.1, 0.15) is 6.04 Å². The molecular formula is C13H22N4O2. The minimum Gasteiger partial charge on any atom is -0.464 e. The summed E-state index contributed by atoms with van der Waals surface area (Å²) < 4.78 is 5.19. The number of carbonyl (C=O) groups is 1. The Morgan fingerprint density at radius 3 is 2.37 bits per heavy atom. The molecule has 1 unspecified atom stereocenters. The predicted octanol–water partition coefficient (Wildman–Crippen LogP) is 0.270. The van der Waals surface area contributed by atoms with Gasteiger partial charge in [0.15, 0.2) is 0 Å². The van der Waals surface area contributed by atoms with Crippen molar-refractivity contribution in [1.29, 1.82) is 0 Å². The lowest BCUT2D eigenvalue weighted by Crippen LogP contribution is -2.47. The summed E-state index contributed by atoms with van der Waals surface area (Å²) >= 11 is 0. The van der Waals surface area contributed by atoms with Crippen LogP contribution in [0.1, 0.15) is 6.92 Å². The summed E-state index contributed by atoms with van der Waals surface area (Å²) in [6.45, 7) is 4.42. The van der Waals surface area contributed by atoms with Crippen molar-refractivity contribution < 1.29 is 9.53 Å². The Hall–Kier alpha value is -1.85.